The molecule has 0 aliphatic carbocycles. The highest BCUT2D eigenvalue weighted by Crippen LogP contribution is 2.22. The molecule has 0 atom stereocenters. The lowest BCUT2D eigenvalue weighted by Gasteiger charge is -2.09. The zero-order chi connectivity index (χ0) is 17.4. The molecule has 0 saturated heterocycles. The third-order valence-electron chi connectivity index (χ3n) is 3.84. The van der Waals surface area contributed by atoms with Crippen LogP contribution in [0.5, 0.6) is 0 Å². The Bertz CT molecular complexity index is 1030. The number of H-pyrrole nitrogens is 2. The van der Waals surface area contributed by atoms with Gasteiger partial charge in [-0.05, 0) is 31.5 Å². The van der Waals surface area contributed by atoms with Gasteiger partial charge in [-0.3, -0.25) is 9.59 Å². The van der Waals surface area contributed by atoms with Crippen molar-refractivity contribution in [1.82, 2.24) is 9.97 Å². The van der Waals surface area contributed by atoms with Gasteiger partial charge in [0.25, 0.3) is 0 Å². The van der Waals surface area contributed by atoms with Gasteiger partial charge in [0.1, 0.15) is 5.02 Å². The average molecular weight is 361 g/mol. The van der Waals surface area contributed by atoms with E-state index >= 15 is 0 Å². The zero-order valence-corrected chi connectivity index (χ0v) is 14.5. The molecule has 122 valence electrons. The van der Waals surface area contributed by atoms with Gasteiger partial charge in [-0.1, -0.05) is 35.3 Å². The van der Waals surface area contributed by atoms with Crippen molar-refractivity contribution >= 4 is 23.2 Å². The van der Waals surface area contributed by atoms with Crippen molar-refractivity contribution in [2.24, 2.45) is 0 Å². The monoisotopic (exact) mass is 360 g/mol. The first-order valence-electron chi connectivity index (χ1n) is 7.26. The van der Waals surface area contributed by atoms with Gasteiger partial charge in [0.15, 0.2) is 5.43 Å². The standard InChI is InChI=1S/C18H14Cl2N2O2/c1-9-16(18(24)17(20)10(2)22-9)13-8-21-14(7-15(13)23)11-3-5-12(19)6-4-11/h3-8H,1-2H3,(H,21,23)(H,22,24). The van der Waals surface area contributed by atoms with E-state index in [2.05, 4.69) is 9.97 Å². The van der Waals surface area contributed by atoms with Gasteiger partial charge in [0.2, 0.25) is 5.43 Å². The molecule has 0 aliphatic rings. The topological polar surface area (TPSA) is 65.7 Å². The molecule has 0 saturated carbocycles. The summed E-state index contributed by atoms with van der Waals surface area (Å²) in [5, 5.41) is 0.714. The first-order valence-corrected chi connectivity index (χ1v) is 8.02. The van der Waals surface area contributed by atoms with Crippen LogP contribution in [0.1, 0.15) is 11.4 Å². The summed E-state index contributed by atoms with van der Waals surface area (Å²) in [6.45, 7) is 3.46. The lowest BCUT2D eigenvalue weighted by molar-refractivity contribution is 1.11. The third-order valence-corrected chi connectivity index (χ3v) is 4.55. The maximum Gasteiger partial charge on any atom is 0.208 e. The number of hydrogen-bond donors (Lipinski definition) is 2. The summed E-state index contributed by atoms with van der Waals surface area (Å²) < 4.78 is 0. The van der Waals surface area contributed by atoms with Crippen LogP contribution >= 0.6 is 23.2 Å². The number of aromatic amines is 2. The van der Waals surface area contributed by atoms with Crippen LogP contribution in [-0.4, -0.2) is 9.97 Å². The number of hydrogen-bond acceptors (Lipinski definition) is 2. The highest BCUT2D eigenvalue weighted by Gasteiger charge is 2.16. The van der Waals surface area contributed by atoms with E-state index in [0.717, 1.165) is 5.56 Å². The predicted molar refractivity (Wildman–Crippen MR) is 98.0 cm³/mol. The van der Waals surface area contributed by atoms with Crippen molar-refractivity contribution in [3.8, 4) is 22.4 Å². The van der Waals surface area contributed by atoms with Gasteiger partial charge < -0.3 is 9.97 Å². The first-order chi connectivity index (χ1) is 11.4. The van der Waals surface area contributed by atoms with Gasteiger partial charge in [-0.2, -0.15) is 0 Å². The van der Waals surface area contributed by atoms with Crippen LogP contribution < -0.4 is 10.9 Å². The highest BCUT2D eigenvalue weighted by molar-refractivity contribution is 6.31. The summed E-state index contributed by atoms with van der Waals surface area (Å²) in [6, 6.07) is 8.59. The third kappa shape index (κ3) is 2.90. The Morgan fingerprint density at radius 3 is 2.25 bits per heavy atom. The highest BCUT2D eigenvalue weighted by atomic mass is 35.5. The fraction of sp³-hybridized carbons (Fsp3) is 0.111. The minimum atomic E-state index is -0.352. The molecule has 0 spiro atoms. The van der Waals surface area contributed by atoms with Gasteiger partial charge in [-0.25, -0.2) is 0 Å². The summed E-state index contributed by atoms with van der Waals surface area (Å²) in [7, 11) is 0. The number of halogens is 2. The quantitative estimate of drug-likeness (QED) is 0.714. The van der Waals surface area contributed by atoms with Crippen LogP contribution in [0.3, 0.4) is 0 Å². The summed E-state index contributed by atoms with van der Waals surface area (Å²) in [5.41, 5.74) is 2.62. The second-order valence-corrected chi connectivity index (χ2v) is 6.34. The van der Waals surface area contributed by atoms with Gasteiger partial charge >= 0.3 is 0 Å². The van der Waals surface area contributed by atoms with E-state index in [4.69, 9.17) is 23.2 Å². The molecule has 2 heterocycles. The number of benzene rings is 1. The van der Waals surface area contributed by atoms with E-state index in [0.29, 0.717) is 22.1 Å². The fourth-order valence-electron chi connectivity index (χ4n) is 2.64. The van der Waals surface area contributed by atoms with Crippen molar-refractivity contribution in [2.75, 3.05) is 0 Å². The maximum absolute atomic E-state index is 12.5. The number of aromatic nitrogens is 2. The van der Waals surface area contributed by atoms with Crippen LogP contribution in [0.25, 0.3) is 22.4 Å². The van der Waals surface area contributed by atoms with E-state index in [1.165, 1.54) is 12.3 Å². The molecule has 0 bridgehead atoms. The van der Waals surface area contributed by atoms with Crippen LogP contribution in [0.4, 0.5) is 0 Å². The normalized spacial score (nSPS) is 10.8. The predicted octanol–water partition coefficient (Wildman–Crippen LogP) is 4.32. The summed E-state index contributed by atoms with van der Waals surface area (Å²) in [6.07, 6.45) is 1.54. The molecule has 0 radical (unpaired) electrons. The van der Waals surface area contributed by atoms with Crippen LogP contribution in [0, 0.1) is 13.8 Å². The average Bonchev–Trinajstić information content (AvgIpc) is 2.55. The number of rotatable bonds is 2. The molecule has 4 nitrogen and oxygen atoms in total. The fourth-order valence-corrected chi connectivity index (χ4v) is 2.90. The second kappa shape index (κ2) is 6.30. The molecule has 3 rings (SSSR count). The Morgan fingerprint density at radius 1 is 0.958 bits per heavy atom. The minimum Gasteiger partial charge on any atom is -0.361 e. The van der Waals surface area contributed by atoms with Crippen molar-refractivity contribution in [2.45, 2.75) is 13.8 Å². The van der Waals surface area contributed by atoms with Gasteiger partial charge in [-0.15, -0.1) is 0 Å². The second-order valence-electron chi connectivity index (χ2n) is 5.52. The van der Waals surface area contributed by atoms with E-state index in [1.54, 1.807) is 26.0 Å². The van der Waals surface area contributed by atoms with Crippen molar-refractivity contribution < 1.29 is 0 Å². The Hall–Kier alpha value is -2.30. The number of pyridine rings is 2. The van der Waals surface area contributed by atoms with Crippen LogP contribution in [0.15, 0.2) is 46.1 Å². The molecule has 0 fully saturated rings. The maximum atomic E-state index is 12.5. The molecule has 1 aromatic carbocycles. The summed E-state index contributed by atoms with van der Waals surface area (Å²) in [5.74, 6) is 0. The molecular formula is C18H14Cl2N2O2. The Kier molecular flexibility index (Phi) is 4.35. The largest absolute Gasteiger partial charge is 0.361 e. The zero-order valence-electron chi connectivity index (χ0n) is 13.0. The molecule has 0 unspecified atom stereocenters. The van der Waals surface area contributed by atoms with Gasteiger partial charge in [0, 0.05) is 34.4 Å². The van der Waals surface area contributed by atoms with Crippen molar-refractivity contribution in [1.29, 1.82) is 0 Å². The number of aryl methyl sites for hydroxylation is 2. The molecule has 3 aromatic rings. The molecule has 6 heteroatoms. The Labute approximate surface area is 148 Å². The Balaban J connectivity index is 2.16. The molecule has 2 N–H and O–H groups in total. The smallest absolute Gasteiger partial charge is 0.208 e. The summed E-state index contributed by atoms with van der Waals surface area (Å²) in [4.78, 5) is 31.1. The van der Waals surface area contributed by atoms with E-state index in [1.807, 2.05) is 12.1 Å². The minimum absolute atomic E-state index is 0.0942. The Morgan fingerprint density at radius 2 is 1.62 bits per heavy atom. The SMILES string of the molecule is Cc1[nH]c(C)c(-c2c[nH]c(-c3ccc(Cl)cc3)cc2=O)c(=O)c1Cl. The number of nitrogens with one attached hydrogen (secondary N) is 2. The first kappa shape index (κ1) is 16.6. The van der Waals surface area contributed by atoms with E-state index in [-0.39, 0.29) is 27.0 Å². The molecule has 0 amide bonds. The van der Waals surface area contributed by atoms with E-state index < -0.39 is 0 Å². The molecule has 24 heavy (non-hydrogen) atoms. The van der Waals surface area contributed by atoms with E-state index in [9.17, 15) is 9.59 Å². The van der Waals surface area contributed by atoms with Crippen LogP contribution in [-0.2, 0) is 0 Å². The lowest BCUT2D eigenvalue weighted by atomic mass is 10.0. The van der Waals surface area contributed by atoms with Crippen molar-refractivity contribution in [3.05, 3.63) is 78.4 Å². The lowest BCUT2D eigenvalue weighted by Crippen LogP contribution is -2.16. The summed E-state index contributed by atoms with van der Waals surface area (Å²) >= 11 is 11.9. The van der Waals surface area contributed by atoms with Crippen LogP contribution in [0.2, 0.25) is 10.0 Å². The molecule has 0 aliphatic heterocycles. The molecule has 2 aromatic heterocycles. The van der Waals surface area contributed by atoms with Gasteiger partial charge in [0.05, 0.1) is 11.1 Å². The molecular weight excluding hydrogens is 347 g/mol. The van der Waals surface area contributed by atoms with Crippen molar-refractivity contribution in [3.63, 3.8) is 0 Å².